The van der Waals surface area contributed by atoms with Crippen LogP contribution in [-0.4, -0.2) is 33.5 Å². The summed E-state index contributed by atoms with van der Waals surface area (Å²) < 4.78 is 0. The SMILES string of the molecule is N[C@H](Cc1ccccc1)C(=O)N1CCc2c([nH]c3ccc(Cl)cc23)C1c1cccc(O)c1. The molecule has 2 atom stereocenters. The lowest BCUT2D eigenvalue weighted by Gasteiger charge is -2.37. The Balaban J connectivity index is 1.56. The predicted molar refractivity (Wildman–Crippen MR) is 127 cm³/mol. The number of rotatable bonds is 4. The third-order valence-electron chi connectivity index (χ3n) is 6.17. The van der Waals surface area contributed by atoms with Crippen molar-refractivity contribution in [2.24, 2.45) is 5.73 Å². The van der Waals surface area contributed by atoms with Crippen LogP contribution in [0.5, 0.6) is 5.75 Å². The standard InChI is InChI=1S/C26H24ClN3O2/c27-18-9-10-23-21(15-18)20-11-12-30(26(32)22(28)13-16-5-2-1-3-6-16)25(24(20)29-23)17-7-4-8-19(31)14-17/h1-10,14-15,22,25,29,31H,11-13,28H2/t22-,25?/m1/s1. The van der Waals surface area contributed by atoms with Crippen molar-refractivity contribution in [3.8, 4) is 5.75 Å². The van der Waals surface area contributed by atoms with Crippen molar-refractivity contribution in [2.45, 2.75) is 24.9 Å². The fourth-order valence-corrected chi connectivity index (χ4v) is 4.88. The lowest BCUT2D eigenvalue weighted by molar-refractivity contribution is -0.134. The van der Waals surface area contributed by atoms with Crippen molar-refractivity contribution in [3.63, 3.8) is 0 Å². The van der Waals surface area contributed by atoms with Gasteiger partial charge in [0.25, 0.3) is 0 Å². The van der Waals surface area contributed by atoms with E-state index in [2.05, 4.69) is 4.98 Å². The van der Waals surface area contributed by atoms with Crippen LogP contribution < -0.4 is 5.73 Å². The highest BCUT2D eigenvalue weighted by Gasteiger charge is 2.36. The molecule has 4 N–H and O–H groups in total. The quantitative estimate of drug-likeness (QED) is 0.430. The molecular formula is C26H24ClN3O2. The van der Waals surface area contributed by atoms with Crippen LogP contribution in [0.4, 0.5) is 0 Å². The molecule has 1 unspecified atom stereocenters. The number of nitrogens with zero attached hydrogens (tertiary/aromatic N) is 1. The summed E-state index contributed by atoms with van der Waals surface area (Å²) in [5.41, 5.74) is 11.3. The molecule has 2 heterocycles. The second-order valence-electron chi connectivity index (χ2n) is 8.28. The van der Waals surface area contributed by atoms with Gasteiger partial charge in [0.1, 0.15) is 5.75 Å². The summed E-state index contributed by atoms with van der Waals surface area (Å²) >= 11 is 6.26. The normalized spacial score (nSPS) is 16.7. The Morgan fingerprint density at radius 1 is 1.12 bits per heavy atom. The van der Waals surface area contributed by atoms with Gasteiger partial charge >= 0.3 is 0 Å². The monoisotopic (exact) mass is 445 g/mol. The van der Waals surface area contributed by atoms with Crippen LogP contribution in [0.3, 0.4) is 0 Å². The van der Waals surface area contributed by atoms with Crippen LogP contribution in [0.2, 0.25) is 5.02 Å². The number of carbonyl (C=O) groups excluding carboxylic acids is 1. The molecule has 6 heteroatoms. The van der Waals surface area contributed by atoms with Gasteiger partial charge in [0.2, 0.25) is 5.91 Å². The number of aromatic amines is 1. The molecule has 0 bridgehead atoms. The number of fused-ring (bicyclic) bond motifs is 3. The molecule has 0 saturated carbocycles. The first-order valence-corrected chi connectivity index (χ1v) is 11.1. The topological polar surface area (TPSA) is 82.4 Å². The minimum atomic E-state index is -0.655. The van der Waals surface area contributed by atoms with Gasteiger partial charge in [-0.2, -0.15) is 0 Å². The zero-order valence-electron chi connectivity index (χ0n) is 17.5. The molecule has 5 nitrogen and oxygen atoms in total. The van der Waals surface area contributed by atoms with E-state index in [1.807, 2.05) is 59.5 Å². The number of H-pyrrole nitrogens is 1. The van der Waals surface area contributed by atoms with Crippen LogP contribution in [0, 0.1) is 0 Å². The number of amides is 1. The third-order valence-corrected chi connectivity index (χ3v) is 6.41. The number of nitrogens with two attached hydrogens (primary N) is 1. The van der Waals surface area contributed by atoms with Crippen molar-refractivity contribution in [3.05, 3.63) is 100 Å². The van der Waals surface area contributed by atoms with Crippen LogP contribution in [0.1, 0.15) is 28.4 Å². The summed E-state index contributed by atoms with van der Waals surface area (Å²) in [7, 11) is 0. The number of hydrogen-bond acceptors (Lipinski definition) is 3. The van der Waals surface area contributed by atoms with Crippen molar-refractivity contribution in [1.29, 1.82) is 0 Å². The minimum absolute atomic E-state index is 0.107. The molecule has 1 aliphatic rings. The Morgan fingerprint density at radius 2 is 1.94 bits per heavy atom. The molecule has 0 spiro atoms. The molecule has 0 saturated heterocycles. The summed E-state index contributed by atoms with van der Waals surface area (Å²) in [6.07, 6.45) is 1.17. The average molecular weight is 446 g/mol. The first-order valence-electron chi connectivity index (χ1n) is 10.7. The number of phenolic OH excluding ortho intramolecular Hbond substituents is 1. The highest BCUT2D eigenvalue weighted by atomic mass is 35.5. The van der Waals surface area contributed by atoms with Gasteiger partial charge in [0.15, 0.2) is 0 Å². The number of halogens is 1. The second-order valence-corrected chi connectivity index (χ2v) is 8.72. The second kappa shape index (κ2) is 8.34. The lowest BCUT2D eigenvalue weighted by atomic mass is 9.91. The number of aromatic hydroxyl groups is 1. The molecule has 1 aromatic heterocycles. The van der Waals surface area contributed by atoms with Gasteiger partial charge in [0.05, 0.1) is 12.1 Å². The van der Waals surface area contributed by atoms with E-state index in [1.54, 1.807) is 18.2 Å². The number of carbonyl (C=O) groups is 1. The minimum Gasteiger partial charge on any atom is -0.508 e. The Bertz CT molecular complexity index is 1280. The molecule has 5 rings (SSSR count). The first kappa shape index (κ1) is 20.6. The van der Waals surface area contributed by atoms with Crippen LogP contribution in [0.15, 0.2) is 72.8 Å². The Hall–Kier alpha value is -3.28. The molecule has 1 amide bonds. The van der Waals surface area contributed by atoms with Gasteiger partial charge in [0, 0.05) is 28.2 Å². The average Bonchev–Trinajstić information content (AvgIpc) is 3.16. The number of aromatic nitrogens is 1. The van der Waals surface area contributed by atoms with E-state index in [0.717, 1.165) is 33.3 Å². The number of hydrogen-bond donors (Lipinski definition) is 3. The van der Waals surface area contributed by atoms with Crippen LogP contribution >= 0.6 is 11.6 Å². The maximum Gasteiger partial charge on any atom is 0.240 e. The van der Waals surface area contributed by atoms with E-state index in [1.165, 1.54) is 0 Å². The van der Waals surface area contributed by atoms with Gasteiger partial charge in [-0.25, -0.2) is 0 Å². The van der Waals surface area contributed by atoms with E-state index in [-0.39, 0.29) is 17.7 Å². The maximum atomic E-state index is 13.6. The highest BCUT2D eigenvalue weighted by molar-refractivity contribution is 6.31. The summed E-state index contributed by atoms with van der Waals surface area (Å²) in [6.45, 7) is 0.536. The summed E-state index contributed by atoms with van der Waals surface area (Å²) in [4.78, 5) is 18.9. The molecule has 0 aliphatic carbocycles. The molecule has 32 heavy (non-hydrogen) atoms. The Kier molecular flexibility index (Phi) is 5.37. The number of phenols is 1. The summed E-state index contributed by atoms with van der Waals surface area (Å²) in [6, 6.07) is 21.6. The summed E-state index contributed by atoms with van der Waals surface area (Å²) in [5.74, 6) is 0.0549. The van der Waals surface area contributed by atoms with E-state index < -0.39 is 6.04 Å². The Labute approximate surface area is 191 Å². The molecule has 162 valence electrons. The van der Waals surface area contributed by atoms with E-state index in [4.69, 9.17) is 17.3 Å². The summed E-state index contributed by atoms with van der Waals surface area (Å²) in [5, 5.41) is 11.9. The first-order chi connectivity index (χ1) is 15.5. The number of benzene rings is 3. The van der Waals surface area contributed by atoms with E-state index >= 15 is 0 Å². The third kappa shape index (κ3) is 3.74. The Morgan fingerprint density at radius 3 is 2.72 bits per heavy atom. The van der Waals surface area contributed by atoms with Crippen LogP contribution in [0.25, 0.3) is 10.9 Å². The van der Waals surface area contributed by atoms with E-state index in [9.17, 15) is 9.90 Å². The van der Waals surface area contributed by atoms with Gasteiger partial charge < -0.3 is 20.7 Å². The lowest BCUT2D eigenvalue weighted by Crippen LogP contribution is -2.49. The molecule has 3 aromatic carbocycles. The zero-order valence-corrected chi connectivity index (χ0v) is 18.2. The van der Waals surface area contributed by atoms with Gasteiger partial charge in [-0.3, -0.25) is 4.79 Å². The molecule has 0 fully saturated rings. The van der Waals surface area contributed by atoms with Gasteiger partial charge in [-0.05, 0) is 59.9 Å². The predicted octanol–water partition coefficient (Wildman–Crippen LogP) is 4.57. The molecular weight excluding hydrogens is 422 g/mol. The molecule has 4 aromatic rings. The largest absolute Gasteiger partial charge is 0.508 e. The zero-order chi connectivity index (χ0) is 22.2. The highest BCUT2D eigenvalue weighted by Crippen LogP contribution is 2.40. The van der Waals surface area contributed by atoms with Gasteiger partial charge in [-0.15, -0.1) is 0 Å². The fourth-order valence-electron chi connectivity index (χ4n) is 4.71. The maximum absolute atomic E-state index is 13.6. The van der Waals surface area contributed by atoms with Crippen LogP contribution in [-0.2, 0) is 17.6 Å². The van der Waals surface area contributed by atoms with Gasteiger partial charge in [-0.1, -0.05) is 54.1 Å². The smallest absolute Gasteiger partial charge is 0.240 e. The number of nitrogens with one attached hydrogen (secondary N) is 1. The van der Waals surface area contributed by atoms with Crippen molar-refractivity contribution in [2.75, 3.05) is 6.54 Å². The van der Waals surface area contributed by atoms with Crippen molar-refractivity contribution < 1.29 is 9.90 Å². The molecule has 1 aliphatic heterocycles. The molecule has 0 radical (unpaired) electrons. The van der Waals surface area contributed by atoms with Crippen molar-refractivity contribution >= 4 is 28.4 Å². The van der Waals surface area contributed by atoms with Crippen molar-refractivity contribution in [1.82, 2.24) is 9.88 Å². The fraction of sp³-hybridized carbons (Fsp3) is 0.192. The van der Waals surface area contributed by atoms with E-state index in [0.29, 0.717) is 24.4 Å².